The Balaban J connectivity index is 2.01. The molecule has 114 valence electrons. The fraction of sp³-hybridized carbons (Fsp3) is 0.278. The summed E-state index contributed by atoms with van der Waals surface area (Å²) < 4.78 is 7.69. The second kappa shape index (κ2) is 6.20. The minimum Gasteiger partial charge on any atom is -0.494 e. The van der Waals surface area contributed by atoms with Crippen molar-refractivity contribution in [2.24, 2.45) is 5.73 Å². The van der Waals surface area contributed by atoms with E-state index < -0.39 is 0 Å². The van der Waals surface area contributed by atoms with Gasteiger partial charge >= 0.3 is 0 Å². The molecular formula is C18H21N3O. The monoisotopic (exact) mass is 295 g/mol. The Bertz CT molecular complexity index is 775. The van der Waals surface area contributed by atoms with Gasteiger partial charge in [-0.2, -0.15) is 0 Å². The first kappa shape index (κ1) is 14.6. The first-order chi connectivity index (χ1) is 10.7. The summed E-state index contributed by atoms with van der Waals surface area (Å²) in [6, 6.07) is 12.2. The molecule has 0 atom stereocenters. The number of ether oxygens (including phenoxy) is 1. The molecule has 0 saturated carbocycles. The minimum atomic E-state index is 0.452. The van der Waals surface area contributed by atoms with E-state index >= 15 is 0 Å². The zero-order valence-corrected chi connectivity index (χ0v) is 13.0. The Morgan fingerprint density at radius 1 is 1.18 bits per heavy atom. The van der Waals surface area contributed by atoms with Gasteiger partial charge in [0, 0.05) is 18.3 Å². The third-order valence-corrected chi connectivity index (χ3v) is 3.67. The number of nitrogens with two attached hydrogens (primary N) is 1. The molecule has 0 fully saturated rings. The summed E-state index contributed by atoms with van der Waals surface area (Å²) in [4.78, 5) is 4.75. The van der Waals surface area contributed by atoms with Gasteiger partial charge in [0.1, 0.15) is 11.4 Å². The maximum atomic E-state index is 5.95. The molecule has 0 aliphatic heterocycles. The van der Waals surface area contributed by atoms with Gasteiger partial charge in [0.25, 0.3) is 0 Å². The average molecular weight is 295 g/mol. The lowest BCUT2D eigenvalue weighted by Gasteiger charge is -2.06. The number of imidazole rings is 1. The normalized spacial score (nSPS) is 11.0. The summed E-state index contributed by atoms with van der Waals surface area (Å²) in [6.45, 7) is 5.35. The molecular weight excluding hydrogens is 274 g/mol. The number of benzene rings is 1. The Morgan fingerprint density at radius 2 is 1.95 bits per heavy atom. The topological polar surface area (TPSA) is 52.5 Å². The third kappa shape index (κ3) is 2.70. The first-order valence-corrected chi connectivity index (χ1v) is 7.64. The lowest BCUT2D eigenvalue weighted by atomic mass is 10.1. The molecule has 3 rings (SSSR count). The van der Waals surface area contributed by atoms with Gasteiger partial charge in [0.2, 0.25) is 0 Å². The summed E-state index contributed by atoms with van der Waals surface area (Å²) in [6.07, 6.45) is 3.03. The third-order valence-electron chi connectivity index (χ3n) is 3.67. The van der Waals surface area contributed by atoms with Crippen molar-refractivity contribution in [3.05, 3.63) is 53.9 Å². The van der Waals surface area contributed by atoms with Crippen LogP contribution in [0.4, 0.5) is 0 Å². The highest BCUT2D eigenvalue weighted by Gasteiger charge is 2.12. The molecule has 0 bridgehead atoms. The largest absolute Gasteiger partial charge is 0.494 e. The van der Waals surface area contributed by atoms with Crippen LogP contribution in [0.25, 0.3) is 16.9 Å². The molecule has 2 heterocycles. The van der Waals surface area contributed by atoms with Gasteiger partial charge in [-0.25, -0.2) is 4.98 Å². The molecule has 2 aromatic heterocycles. The van der Waals surface area contributed by atoms with Crippen molar-refractivity contribution < 1.29 is 4.74 Å². The standard InChI is InChI=1S/C18H21N3O/c1-3-10-22-15-6-4-14(5-7-15)18-16(12-19)21-9-8-13(2)11-17(21)20-18/h4-9,11H,3,10,12,19H2,1-2H3. The van der Waals surface area contributed by atoms with Gasteiger partial charge < -0.3 is 14.9 Å². The Hall–Kier alpha value is -2.33. The number of pyridine rings is 1. The number of nitrogens with zero attached hydrogens (tertiary/aromatic N) is 2. The minimum absolute atomic E-state index is 0.452. The predicted octanol–water partition coefficient (Wildman–Crippen LogP) is 3.56. The summed E-state index contributed by atoms with van der Waals surface area (Å²) in [7, 11) is 0. The highest BCUT2D eigenvalue weighted by Crippen LogP contribution is 2.26. The molecule has 0 radical (unpaired) electrons. The molecule has 1 aromatic carbocycles. The van der Waals surface area contributed by atoms with Gasteiger partial charge in [-0.3, -0.25) is 0 Å². The van der Waals surface area contributed by atoms with Crippen LogP contribution in [0.3, 0.4) is 0 Å². The first-order valence-electron chi connectivity index (χ1n) is 7.64. The molecule has 4 nitrogen and oxygen atoms in total. The Morgan fingerprint density at radius 3 is 2.64 bits per heavy atom. The molecule has 4 heteroatoms. The number of hydrogen-bond donors (Lipinski definition) is 1. The number of hydrogen-bond acceptors (Lipinski definition) is 3. The second-order valence-corrected chi connectivity index (χ2v) is 5.42. The quantitative estimate of drug-likeness (QED) is 0.783. The molecule has 0 unspecified atom stereocenters. The number of rotatable bonds is 5. The smallest absolute Gasteiger partial charge is 0.137 e. The predicted molar refractivity (Wildman–Crippen MR) is 89.0 cm³/mol. The van der Waals surface area contributed by atoms with E-state index in [2.05, 4.69) is 30.4 Å². The average Bonchev–Trinajstić information content (AvgIpc) is 2.90. The van der Waals surface area contributed by atoms with Gasteiger partial charge in [-0.15, -0.1) is 0 Å². The number of aryl methyl sites for hydroxylation is 1. The number of fused-ring (bicyclic) bond motifs is 1. The van der Waals surface area contributed by atoms with Gasteiger partial charge in [0.15, 0.2) is 0 Å². The second-order valence-electron chi connectivity index (χ2n) is 5.42. The van der Waals surface area contributed by atoms with Crippen molar-refractivity contribution >= 4 is 5.65 Å². The van der Waals surface area contributed by atoms with Crippen molar-refractivity contribution in [3.63, 3.8) is 0 Å². The van der Waals surface area contributed by atoms with Crippen molar-refractivity contribution in [2.45, 2.75) is 26.8 Å². The lowest BCUT2D eigenvalue weighted by molar-refractivity contribution is 0.317. The van der Waals surface area contributed by atoms with E-state index in [4.69, 9.17) is 15.5 Å². The van der Waals surface area contributed by atoms with E-state index in [9.17, 15) is 0 Å². The molecule has 22 heavy (non-hydrogen) atoms. The molecule has 3 aromatic rings. The van der Waals surface area contributed by atoms with E-state index in [-0.39, 0.29) is 0 Å². The van der Waals surface area contributed by atoms with Gasteiger partial charge in [-0.05, 0) is 55.3 Å². The SMILES string of the molecule is CCCOc1ccc(-c2nc3cc(C)ccn3c2CN)cc1. The van der Waals surface area contributed by atoms with Crippen LogP contribution in [0.1, 0.15) is 24.6 Å². The zero-order chi connectivity index (χ0) is 15.5. The van der Waals surface area contributed by atoms with E-state index in [1.165, 1.54) is 5.56 Å². The maximum Gasteiger partial charge on any atom is 0.137 e. The van der Waals surface area contributed by atoms with Crippen LogP contribution in [0, 0.1) is 6.92 Å². The molecule has 0 aliphatic carbocycles. The van der Waals surface area contributed by atoms with Crippen molar-refractivity contribution in [2.75, 3.05) is 6.61 Å². The fourth-order valence-corrected chi connectivity index (χ4v) is 2.55. The van der Waals surface area contributed by atoms with Crippen LogP contribution in [-0.2, 0) is 6.54 Å². The van der Waals surface area contributed by atoms with Crippen LogP contribution in [0.2, 0.25) is 0 Å². The van der Waals surface area contributed by atoms with Gasteiger partial charge in [0.05, 0.1) is 18.0 Å². The van der Waals surface area contributed by atoms with Crippen LogP contribution < -0.4 is 10.5 Å². The van der Waals surface area contributed by atoms with Crippen LogP contribution in [-0.4, -0.2) is 16.0 Å². The lowest BCUT2D eigenvalue weighted by Crippen LogP contribution is -2.02. The highest BCUT2D eigenvalue weighted by atomic mass is 16.5. The van der Waals surface area contributed by atoms with Crippen molar-refractivity contribution in [1.29, 1.82) is 0 Å². The molecule has 0 saturated heterocycles. The maximum absolute atomic E-state index is 5.95. The van der Waals surface area contributed by atoms with Crippen LogP contribution in [0.5, 0.6) is 5.75 Å². The highest BCUT2D eigenvalue weighted by molar-refractivity contribution is 5.67. The Labute approximate surface area is 130 Å². The van der Waals surface area contributed by atoms with E-state index in [0.717, 1.165) is 41.4 Å². The summed E-state index contributed by atoms with van der Waals surface area (Å²) >= 11 is 0. The number of aromatic nitrogens is 2. The molecule has 0 spiro atoms. The fourth-order valence-electron chi connectivity index (χ4n) is 2.55. The summed E-state index contributed by atoms with van der Waals surface area (Å²) in [5, 5.41) is 0. The zero-order valence-electron chi connectivity index (χ0n) is 13.0. The van der Waals surface area contributed by atoms with E-state index in [0.29, 0.717) is 6.54 Å². The van der Waals surface area contributed by atoms with E-state index in [1.807, 2.05) is 30.5 Å². The molecule has 0 amide bonds. The summed E-state index contributed by atoms with van der Waals surface area (Å²) in [5.41, 5.74) is 11.1. The van der Waals surface area contributed by atoms with Crippen molar-refractivity contribution in [1.82, 2.24) is 9.38 Å². The molecule has 0 aliphatic rings. The van der Waals surface area contributed by atoms with Crippen LogP contribution in [0.15, 0.2) is 42.6 Å². The van der Waals surface area contributed by atoms with Crippen LogP contribution >= 0.6 is 0 Å². The Kier molecular flexibility index (Phi) is 4.11. The summed E-state index contributed by atoms with van der Waals surface area (Å²) in [5.74, 6) is 0.888. The molecule has 2 N–H and O–H groups in total. The van der Waals surface area contributed by atoms with E-state index in [1.54, 1.807) is 0 Å². The van der Waals surface area contributed by atoms with Crippen molar-refractivity contribution in [3.8, 4) is 17.0 Å². The van der Waals surface area contributed by atoms with Gasteiger partial charge in [-0.1, -0.05) is 6.92 Å².